The van der Waals surface area contributed by atoms with Crippen molar-refractivity contribution in [2.75, 3.05) is 77.8 Å². The Balaban J connectivity index is 1.34. The second kappa shape index (κ2) is 13.4. The zero-order valence-corrected chi connectivity index (χ0v) is 26.0. The lowest BCUT2D eigenvalue weighted by molar-refractivity contribution is -0.130. The number of methoxy groups -OCH3 is 1. The van der Waals surface area contributed by atoms with Gasteiger partial charge in [-0.05, 0) is 41.8 Å². The van der Waals surface area contributed by atoms with Gasteiger partial charge in [-0.15, -0.1) is 0 Å². The highest BCUT2D eigenvalue weighted by atomic mass is 35.5. The van der Waals surface area contributed by atoms with Crippen molar-refractivity contribution in [3.8, 4) is 5.75 Å². The van der Waals surface area contributed by atoms with Gasteiger partial charge in [0.25, 0.3) is 0 Å². The van der Waals surface area contributed by atoms with E-state index in [0.717, 1.165) is 48.3 Å². The van der Waals surface area contributed by atoms with Crippen molar-refractivity contribution in [2.24, 2.45) is 0 Å². The number of fused-ring (bicyclic) bond motifs is 1. The summed E-state index contributed by atoms with van der Waals surface area (Å²) < 4.78 is 38.0. The number of hydrogen-bond acceptors (Lipinski definition) is 10. The highest BCUT2D eigenvalue weighted by Gasteiger charge is 2.24. The summed E-state index contributed by atoms with van der Waals surface area (Å²) in [6, 6.07) is 10.4. The van der Waals surface area contributed by atoms with Crippen molar-refractivity contribution in [3.63, 3.8) is 0 Å². The SMILES string of the molecule is COc1cc2c(cc1Nc1ncc(Cl)c(Nc3ccccc3S(=O)(=O)N(C)C)n1)CCN(CCN1CCOCC1)C(=O)C2. The van der Waals surface area contributed by atoms with Crippen LogP contribution in [0, 0.1) is 0 Å². The maximum Gasteiger partial charge on any atom is 0.244 e. The van der Waals surface area contributed by atoms with Crippen LogP contribution < -0.4 is 15.4 Å². The molecular weight excluding hydrogens is 594 g/mol. The molecule has 0 radical (unpaired) electrons. The van der Waals surface area contributed by atoms with Crippen LogP contribution in [0.25, 0.3) is 0 Å². The Kier molecular flexibility index (Phi) is 9.67. The number of carbonyl (C=O) groups is 1. The summed E-state index contributed by atoms with van der Waals surface area (Å²) in [5.41, 5.74) is 2.94. The van der Waals surface area contributed by atoms with Crippen molar-refractivity contribution in [2.45, 2.75) is 17.7 Å². The van der Waals surface area contributed by atoms with Crippen LogP contribution in [0.15, 0.2) is 47.5 Å². The molecule has 0 bridgehead atoms. The number of nitrogens with zero attached hydrogens (tertiary/aromatic N) is 5. The van der Waals surface area contributed by atoms with Gasteiger partial charge in [-0.1, -0.05) is 23.7 Å². The van der Waals surface area contributed by atoms with Gasteiger partial charge in [0.05, 0.1) is 44.3 Å². The molecule has 14 heteroatoms. The maximum absolute atomic E-state index is 13.1. The van der Waals surface area contributed by atoms with E-state index in [9.17, 15) is 13.2 Å². The number of aromatic nitrogens is 2. The van der Waals surface area contributed by atoms with Crippen LogP contribution in [0.5, 0.6) is 5.75 Å². The smallest absolute Gasteiger partial charge is 0.244 e. The number of hydrogen-bond donors (Lipinski definition) is 2. The summed E-state index contributed by atoms with van der Waals surface area (Å²) in [5, 5.41) is 6.47. The third-order valence-corrected chi connectivity index (χ3v) is 9.70. The summed E-state index contributed by atoms with van der Waals surface area (Å²) in [4.78, 5) is 26.3. The van der Waals surface area contributed by atoms with Gasteiger partial charge in [0.2, 0.25) is 21.9 Å². The Morgan fingerprint density at radius 1 is 1.05 bits per heavy atom. The molecule has 2 aliphatic rings. The van der Waals surface area contributed by atoms with E-state index in [-0.39, 0.29) is 27.6 Å². The average Bonchev–Trinajstić information content (AvgIpc) is 3.15. The van der Waals surface area contributed by atoms with Crippen molar-refractivity contribution < 1.29 is 22.7 Å². The number of morpholine rings is 1. The zero-order valence-electron chi connectivity index (χ0n) is 24.5. The Labute approximate surface area is 257 Å². The molecular formula is C29H36ClN7O5S. The second-order valence-corrected chi connectivity index (χ2v) is 13.0. The average molecular weight is 630 g/mol. The van der Waals surface area contributed by atoms with Crippen LogP contribution in [-0.2, 0) is 32.4 Å². The predicted molar refractivity (Wildman–Crippen MR) is 165 cm³/mol. The van der Waals surface area contributed by atoms with E-state index >= 15 is 0 Å². The first-order valence-corrected chi connectivity index (χ1v) is 15.8. The molecule has 2 N–H and O–H groups in total. The molecule has 1 saturated heterocycles. The van der Waals surface area contributed by atoms with Crippen LogP contribution in [0.3, 0.4) is 0 Å². The third-order valence-electron chi connectivity index (χ3n) is 7.55. The number of anilines is 4. The van der Waals surface area contributed by atoms with Crippen molar-refractivity contribution >= 4 is 50.7 Å². The van der Waals surface area contributed by atoms with Gasteiger partial charge >= 0.3 is 0 Å². The molecule has 0 atom stereocenters. The number of benzene rings is 2. The predicted octanol–water partition coefficient (Wildman–Crippen LogP) is 3.14. The minimum atomic E-state index is -3.72. The van der Waals surface area contributed by atoms with Gasteiger partial charge in [0.15, 0.2) is 5.82 Å². The molecule has 0 aliphatic carbocycles. The first-order chi connectivity index (χ1) is 20.7. The highest BCUT2D eigenvalue weighted by Crippen LogP contribution is 2.34. The normalized spacial score (nSPS) is 16.1. The Bertz CT molecular complexity index is 1580. The molecule has 0 spiro atoms. The number of sulfonamides is 1. The van der Waals surface area contributed by atoms with Gasteiger partial charge in [-0.25, -0.2) is 17.7 Å². The zero-order chi connectivity index (χ0) is 30.6. The van der Waals surface area contributed by atoms with E-state index in [1.54, 1.807) is 25.3 Å². The molecule has 43 heavy (non-hydrogen) atoms. The first kappa shape index (κ1) is 31.0. The number of amides is 1. The number of nitrogens with one attached hydrogen (secondary N) is 2. The van der Waals surface area contributed by atoms with E-state index in [2.05, 4.69) is 25.5 Å². The summed E-state index contributed by atoms with van der Waals surface area (Å²) >= 11 is 6.41. The van der Waals surface area contributed by atoms with E-state index < -0.39 is 10.0 Å². The summed E-state index contributed by atoms with van der Waals surface area (Å²) in [6.07, 6.45) is 2.44. The minimum absolute atomic E-state index is 0.0881. The fourth-order valence-electron chi connectivity index (χ4n) is 5.06. The molecule has 230 valence electrons. The molecule has 2 aliphatic heterocycles. The Hall–Kier alpha value is -3.49. The lowest BCUT2D eigenvalue weighted by Crippen LogP contribution is -2.43. The molecule has 0 saturated carbocycles. The van der Waals surface area contributed by atoms with Gasteiger partial charge in [-0.2, -0.15) is 4.98 Å². The van der Waals surface area contributed by atoms with Gasteiger partial charge in [-0.3, -0.25) is 9.69 Å². The van der Waals surface area contributed by atoms with Gasteiger partial charge < -0.3 is 25.0 Å². The number of carbonyl (C=O) groups excluding carboxylic acids is 1. The third kappa shape index (κ3) is 7.19. The molecule has 3 heterocycles. The van der Waals surface area contributed by atoms with Crippen LogP contribution in [0.4, 0.5) is 23.1 Å². The monoisotopic (exact) mass is 629 g/mol. The van der Waals surface area contributed by atoms with E-state index in [1.807, 2.05) is 17.0 Å². The minimum Gasteiger partial charge on any atom is -0.495 e. The molecule has 1 aromatic heterocycles. The van der Waals surface area contributed by atoms with Crippen LogP contribution >= 0.6 is 11.6 Å². The summed E-state index contributed by atoms with van der Waals surface area (Å²) in [6.45, 7) is 5.38. The fourth-order valence-corrected chi connectivity index (χ4v) is 6.24. The van der Waals surface area contributed by atoms with Crippen LogP contribution in [0.2, 0.25) is 5.02 Å². The van der Waals surface area contributed by atoms with Crippen LogP contribution in [0.1, 0.15) is 11.1 Å². The summed E-state index contributed by atoms with van der Waals surface area (Å²) in [5.74, 6) is 1.11. The molecule has 3 aromatic rings. The van der Waals surface area contributed by atoms with E-state index in [1.165, 1.54) is 26.4 Å². The van der Waals surface area contributed by atoms with E-state index in [4.69, 9.17) is 21.1 Å². The topological polar surface area (TPSA) is 129 Å². The quantitative estimate of drug-likeness (QED) is 0.345. The highest BCUT2D eigenvalue weighted by molar-refractivity contribution is 7.89. The van der Waals surface area contributed by atoms with Crippen molar-refractivity contribution in [3.05, 3.63) is 58.7 Å². The van der Waals surface area contributed by atoms with Crippen molar-refractivity contribution in [1.82, 2.24) is 24.1 Å². The Morgan fingerprint density at radius 2 is 1.81 bits per heavy atom. The van der Waals surface area contributed by atoms with Crippen LogP contribution in [-0.4, -0.2) is 106 Å². The lowest BCUT2D eigenvalue weighted by atomic mass is 10.0. The molecule has 2 aromatic carbocycles. The lowest BCUT2D eigenvalue weighted by Gasteiger charge is -2.29. The van der Waals surface area contributed by atoms with E-state index in [0.29, 0.717) is 43.1 Å². The summed E-state index contributed by atoms with van der Waals surface area (Å²) in [7, 11) is 0.789. The van der Waals surface area contributed by atoms with Gasteiger partial charge in [0, 0.05) is 46.8 Å². The number of halogens is 1. The Morgan fingerprint density at radius 3 is 2.56 bits per heavy atom. The molecule has 12 nitrogen and oxygen atoms in total. The fraction of sp³-hybridized carbons (Fsp3) is 0.414. The van der Waals surface area contributed by atoms with Gasteiger partial charge in [0.1, 0.15) is 15.7 Å². The molecule has 1 fully saturated rings. The second-order valence-electron chi connectivity index (χ2n) is 10.5. The standard InChI is InChI=1S/C29H36ClN7O5S/c1-35(2)43(39,40)26-7-5-4-6-23(26)32-28-22(30)19-31-29(34-28)33-24-16-20-8-9-37(11-10-36-12-14-42-15-13-36)27(38)18-21(20)17-25(24)41-3/h4-7,16-17,19H,8-15,18H2,1-3H3,(H2,31,32,33,34). The molecule has 1 amide bonds. The molecule has 5 rings (SSSR count). The number of para-hydroxylation sites is 1. The number of ether oxygens (including phenoxy) is 2. The maximum atomic E-state index is 13.1. The number of rotatable bonds is 10. The first-order valence-electron chi connectivity index (χ1n) is 14.0. The molecule has 0 unspecified atom stereocenters. The largest absolute Gasteiger partial charge is 0.495 e. The van der Waals surface area contributed by atoms with Crippen molar-refractivity contribution in [1.29, 1.82) is 0 Å².